The highest BCUT2D eigenvalue weighted by atomic mass is 16.5. The molecule has 508 valence electrons. The van der Waals surface area contributed by atoms with Gasteiger partial charge in [0.2, 0.25) is 5.91 Å². The van der Waals surface area contributed by atoms with Crippen molar-refractivity contribution in [3.8, 4) is 0 Å². The van der Waals surface area contributed by atoms with Crippen molar-refractivity contribution in [2.24, 2.45) is 0 Å². The number of rotatable bonds is 74. The molecular weight excluding hydrogens is 1050 g/mol. The van der Waals surface area contributed by atoms with Crippen LogP contribution in [-0.2, 0) is 14.3 Å². The summed E-state index contributed by atoms with van der Waals surface area (Å²) in [6.07, 6.45) is 98.5. The molecule has 0 aliphatic rings. The van der Waals surface area contributed by atoms with Crippen molar-refractivity contribution in [2.75, 3.05) is 13.2 Å². The van der Waals surface area contributed by atoms with Crippen molar-refractivity contribution in [1.29, 1.82) is 0 Å². The predicted octanol–water partition coefficient (Wildman–Crippen LogP) is 25.8. The molecule has 0 aliphatic carbocycles. The Morgan fingerprint density at radius 3 is 0.860 bits per heavy atom. The number of unbranched alkanes of at least 4 members (excludes halogenated alkanes) is 59. The maximum absolute atomic E-state index is 12.5. The van der Waals surface area contributed by atoms with E-state index >= 15 is 0 Å². The minimum Gasteiger partial charge on any atom is -0.466 e. The highest BCUT2D eigenvalue weighted by Gasteiger charge is 2.18. The van der Waals surface area contributed by atoms with Crippen molar-refractivity contribution >= 4 is 11.9 Å². The van der Waals surface area contributed by atoms with Crippen LogP contribution in [0.5, 0.6) is 0 Å². The average molecular weight is 1210 g/mol. The molecule has 0 spiro atoms. The fourth-order valence-corrected chi connectivity index (χ4v) is 12.4. The van der Waals surface area contributed by atoms with E-state index in [-0.39, 0.29) is 18.5 Å². The number of hydrogen-bond acceptors (Lipinski definition) is 5. The van der Waals surface area contributed by atoms with Crippen LogP contribution < -0.4 is 5.32 Å². The van der Waals surface area contributed by atoms with E-state index in [1.54, 1.807) is 6.08 Å². The average Bonchev–Trinajstić information content (AvgIpc) is 3.61. The summed E-state index contributed by atoms with van der Waals surface area (Å²) in [6, 6.07) is -0.626. The molecule has 0 aliphatic heterocycles. The summed E-state index contributed by atoms with van der Waals surface area (Å²) in [5.41, 5.74) is 0. The lowest BCUT2D eigenvalue weighted by Gasteiger charge is -2.20. The molecule has 0 heterocycles. The van der Waals surface area contributed by atoms with E-state index in [0.717, 1.165) is 44.9 Å². The van der Waals surface area contributed by atoms with E-state index in [9.17, 15) is 19.8 Å². The first-order valence-electron chi connectivity index (χ1n) is 39.3. The molecule has 0 aromatic carbocycles. The Morgan fingerprint density at radius 1 is 0.314 bits per heavy atom. The van der Waals surface area contributed by atoms with Gasteiger partial charge < -0.3 is 20.3 Å². The summed E-state index contributed by atoms with van der Waals surface area (Å²) in [6.45, 7) is 4.91. The van der Waals surface area contributed by atoms with Crippen LogP contribution in [0.1, 0.15) is 438 Å². The van der Waals surface area contributed by atoms with Gasteiger partial charge >= 0.3 is 5.97 Å². The highest BCUT2D eigenvalue weighted by Crippen LogP contribution is 2.19. The number of ether oxygens (including phenoxy) is 1. The Kier molecular flexibility index (Phi) is 73.9. The van der Waals surface area contributed by atoms with Crippen LogP contribution in [0, 0.1) is 0 Å². The van der Waals surface area contributed by atoms with Crippen LogP contribution in [0.3, 0.4) is 0 Å². The third-order valence-corrected chi connectivity index (χ3v) is 18.4. The van der Waals surface area contributed by atoms with Crippen LogP contribution in [0.4, 0.5) is 0 Å². The number of nitrogens with one attached hydrogen (secondary N) is 1. The van der Waals surface area contributed by atoms with Gasteiger partial charge in [-0.15, -0.1) is 0 Å². The maximum Gasteiger partial charge on any atom is 0.305 e. The summed E-state index contributed by atoms with van der Waals surface area (Å²) in [4.78, 5) is 24.6. The molecule has 6 nitrogen and oxygen atoms in total. The lowest BCUT2D eigenvalue weighted by atomic mass is 10.0. The number of hydrogen-bond donors (Lipinski definition) is 3. The van der Waals surface area contributed by atoms with Gasteiger partial charge in [-0.1, -0.05) is 384 Å². The Balaban J connectivity index is 3.36. The molecule has 2 atom stereocenters. The fraction of sp³-hybridized carbons (Fsp3) is 0.900. The monoisotopic (exact) mass is 1210 g/mol. The second kappa shape index (κ2) is 75.5. The van der Waals surface area contributed by atoms with E-state index in [4.69, 9.17) is 4.74 Å². The topological polar surface area (TPSA) is 95.9 Å². The SMILES string of the molecule is CCCC/C=C\CCCCCCCC(=O)OCCCCCCCCCCCCCCCCCC/C=C\CCCCCCCCCCCCCCCCCCCC(=O)NC(CO)C(O)/C=C/CCCCCCCCCCCCCCCCCCCCC. The largest absolute Gasteiger partial charge is 0.466 e. The minimum atomic E-state index is -0.843. The quantitative estimate of drug-likeness (QED) is 0.0320. The predicted molar refractivity (Wildman–Crippen MR) is 379 cm³/mol. The number of esters is 1. The second-order valence-electron chi connectivity index (χ2n) is 27.0. The first-order valence-corrected chi connectivity index (χ1v) is 39.3. The molecule has 1 amide bonds. The molecule has 0 fully saturated rings. The zero-order valence-electron chi connectivity index (χ0n) is 58.3. The third kappa shape index (κ3) is 71.2. The van der Waals surface area contributed by atoms with Crippen LogP contribution >= 0.6 is 0 Å². The molecule has 0 bridgehead atoms. The Bertz CT molecular complexity index is 1390. The first kappa shape index (κ1) is 84.1. The van der Waals surface area contributed by atoms with Crippen molar-refractivity contribution in [3.05, 3.63) is 36.5 Å². The Hall–Kier alpha value is -1.92. The van der Waals surface area contributed by atoms with E-state index in [1.165, 1.54) is 366 Å². The van der Waals surface area contributed by atoms with Gasteiger partial charge in [-0.05, 0) is 77.0 Å². The van der Waals surface area contributed by atoms with E-state index in [1.807, 2.05) is 6.08 Å². The van der Waals surface area contributed by atoms with Gasteiger partial charge in [0.25, 0.3) is 0 Å². The highest BCUT2D eigenvalue weighted by molar-refractivity contribution is 5.76. The van der Waals surface area contributed by atoms with Gasteiger partial charge in [0.15, 0.2) is 0 Å². The standard InChI is InChI=1S/C80H153NO5/c1-3-5-7-9-11-13-15-16-17-18-19-37-40-43-46-49-53-56-60-64-68-72-78(83)77(76-82)81-79(84)73-69-65-61-57-54-50-47-44-41-38-35-33-31-29-27-25-23-21-20-22-24-26-28-30-32-34-36-39-42-45-48-51-55-59-63-67-71-75-86-80(85)74-70-66-62-58-52-14-12-10-8-6-4-2/h10,12,20,22,68,72,77-78,82-83H,3-9,11,13-19,21,23-67,69-71,73-76H2,1-2H3,(H,81,84)/b12-10-,22-20-,72-68+. The molecule has 0 radical (unpaired) electrons. The lowest BCUT2D eigenvalue weighted by molar-refractivity contribution is -0.143. The van der Waals surface area contributed by atoms with Crippen LogP contribution in [0.25, 0.3) is 0 Å². The van der Waals surface area contributed by atoms with Gasteiger partial charge in [-0.25, -0.2) is 0 Å². The number of carbonyl (C=O) groups excluding carboxylic acids is 2. The van der Waals surface area contributed by atoms with Gasteiger partial charge in [0.05, 0.1) is 25.4 Å². The summed E-state index contributed by atoms with van der Waals surface area (Å²) < 4.78 is 5.47. The molecule has 0 aromatic heterocycles. The number of aliphatic hydroxyl groups is 2. The van der Waals surface area contributed by atoms with Crippen LogP contribution in [0.2, 0.25) is 0 Å². The van der Waals surface area contributed by atoms with Crippen LogP contribution in [-0.4, -0.2) is 47.4 Å². The zero-order valence-corrected chi connectivity index (χ0v) is 58.3. The minimum absolute atomic E-state index is 0.0106. The summed E-state index contributed by atoms with van der Waals surface area (Å²) >= 11 is 0. The molecule has 0 rings (SSSR count). The number of allylic oxidation sites excluding steroid dienone is 5. The van der Waals surface area contributed by atoms with Crippen molar-refractivity contribution in [1.82, 2.24) is 5.32 Å². The maximum atomic E-state index is 12.5. The normalized spacial score (nSPS) is 12.7. The molecule has 86 heavy (non-hydrogen) atoms. The summed E-state index contributed by atoms with van der Waals surface area (Å²) in [7, 11) is 0. The van der Waals surface area contributed by atoms with Crippen molar-refractivity contribution in [2.45, 2.75) is 450 Å². The van der Waals surface area contributed by atoms with Gasteiger partial charge in [0.1, 0.15) is 0 Å². The third-order valence-electron chi connectivity index (χ3n) is 18.4. The number of aliphatic hydroxyl groups excluding tert-OH is 2. The van der Waals surface area contributed by atoms with E-state index in [0.29, 0.717) is 19.4 Å². The molecule has 2 unspecified atom stereocenters. The molecule has 6 heteroatoms. The van der Waals surface area contributed by atoms with E-state index < -0.39 is 12.1 Å². The molecule has 3 N–H and O–H groups in total. The zero-order chi connectivity index (χ0) is 62.0. The Labute approximate surface area is 538 Å². The Morgan fingerprint density at radius 2 is 0.558 bits per heavy atom. The molecule has 0 saturated carbocycles. The number of carbonyl (C=O) groups is 2. The van der Waals surface area contributed by atoms with Crippen molar-refractivity contribution in [3.63, 3.8) is 0 Å². The van der Waals surface area contributed by atoms with Gasteiger partial charge in [0, 0.05) is 12.8 Å². The smallest absolute Gasteiger partial charge is 0.305 e. The van der Waals surface area contributed by atoms with Gasteiger partial charge in [-0.2, -0.15) is 0 Å². The van der Waals surface area contributed by atoms with Gasteiger partial charge in [-0.3, -0.25) is 9.59 Å². The molecular formula is C80H153NO5. The number of amides is 1. The molecule has 0 aromatic rings. The van der Waals surface area contributed by atoms with Crippen molar-refractivity contribution < 1.29 is 24.5 Å². The first-order chi connectivity index (χ1) is 42.5. The van der Waals surface area contributed by atoms with E-state index in [2.05, 4.69) is 43.5 Å². The summed E-state index contributed by atoms with van der Waals surface area (Å²) in [5.74, 6) is -0.0490. The fourth-order valence-electron chi connectivity index (χ4n) is 12.4. The van der Waals surface area contributed by atoms with Crippen LogP contribution in [0.15, 0.2) is 36.5 Å². The molecule has 0 saturated heterocycles. The second-order valence-corrected chi connectivity index (χ2v) is 27.0. The lowest BCUT2D eigenvalue weighted by Crippen LogP contribution is -2.45. The summed E-state index contributed by atoms with van der Waals surface area (Å²) in [5, 5.41) is 23.3.